The third-order valence-electron chi connectivity index (χ3n) is 4.72. The van der Waals surface area contributed by atoms with Gasteiger partial charge in [0.1, 0.15) is 5.41 Å². The van der Waals surface area contributed by atoms with E-state index in [9.17, 15) is 10.1 Å². The van der Waals surface area contributed by atoms with E-state index in [1.165, 1.54) is 0 Å². The lowest BCUT2D eigenvalue weighted by Crippen LogP contribution is -2.33. The Morgan fingerprint density at radius 1 is 1.14 bits per heavy atom. The summed E-state index contributed by atoms with van der Waals surface area (Å²) in [6.45, 7) is 8.52. The summed E-state index contributed by atoms with van der Waals surface area (Å²) in [6, 6.07) is 8.47. The molecule has 22 heavy (non-hydrogen) atoms. The smallest absolute Gasteiger partial charge is 0.244 e. The number of amides is 1. The summed E-state index contributed by atoms with van der Waals surface area (Å²) >= 11 is 0. The van der Waals surface area contributed by atoms with E-state index in [1.807, 2.05) is 0 Å². The second kappa shape index (κ2) is 6.52. The third kappa shape index (κ3) is 3.02. The first kappa shape index (κ1) is 16.5. The first-order valence-corrected chi connectivity index (χ1v) is 8.27. The Morgan fingerprint density at radius 3 is 2.05 bits per heavy atom. The average molecular weight is 298 g/mol. The van der Waals surface area contributed by atoms with Gasteiger partial charge in [0.05, 0.1) is 6.07 Å². The minimum absolute atomic E-state index is 0.123. The van der Waals surface area contributed by atoms with Crippen LogP contribution >= 0.6 is 0 Å². The van der Waals surface area contributed by atoms with E-state index in [0.717, 1.165) is 29.7 Å². The topological polar surface area (TPSA) is 52.9 Å². The number of nitrogens with one attached hydrogen (secondary N) is 1. The number of carbonyl (C=O) groups is 1. The average Bonchev–Trinajstić information content (AvgIpc) is 2.97. The minimum atomic E-state index is -0.835. The fraction of sp³-hybridized carbons (Fsp3) is 0.579. The Kier molecular flexibility index (Phi) is 4.90. The van der Waals surface area contributed by atoms with Crippen LogP contribution in [0.25, 0.3) is 0 Å². The number of benzene rings is 1. The molecule has 2 rings (SSSR count). The molecule has 0 aliphatic heterocycles. The molecule has 3 nitrogen and oxygen atoms in total. The molecule has 0 bridgehead atoms. The van der Waals surface area contributed by atoms with Crippen molar-refractivity contribution in [2.75, 3.05) is 5.32 Å². The number of nitriles is 1. The van der Waals surface area contributed by atoms with E-state index in [2.05, 4.69) is 57.3 Å². The van der Waals surface area contributed by atoms with Crippen molar-refractivity contribution in [1.29, 1.82) is 5.26 Å². The van der Waals surface area contributed by atoms with Crippen molar-refractivity contribution in [2.24, 2.45) is 5.41 Å². The molecule has 1 saturated carbocycles. The van der Waals surface area contributed by atoms with Crippen LogP contribution in [-0.2, 0) is 4.79 Å². The van der Waals surface area contributed by atoms with Crippen molar-refractivity contribution in [1.82, 2.24) is 0 Å². The molecule has 1 aromatic carbocycles. The SMILES string of the molecule is CC(C)c1cccc(C(C)C)c1NC(=O)C1(C#N)CCCC1. The van der Waals surface area contributed by atoms with Gasteiger partial charge >= 0.3 is 0 Å². The molecular weight excluding hydrogens is 272 g/mol. The van der Waals surface area contributed by atoms with Crippen LogP contribution < -0.4 is 5.32 Å². The number of para-hydroxylation sites is 1. The van der Waals surface area contributed by atoms with Crippen LogP contribution in [0.3, 0.4) is 0 Å². The molecule has 0 saturated heterocycles. The van der Waals surface area contributed by atoms with Crippen molar-refractivity contribution < 1.29 is 4.79 Å². The molecule has 0 atom stereocenters. The van der Waals surface area contributed by atoms with Gasteiger partial charge in [0.15, 0.2) is 0 Å². The Hall–Kier alpha value is -1.82. The van der Waals surface area contributed by atoms with Gasteiger partial charge in [0.25, 0.3) is 0 Å². The lowest BCUT2D eigenvalue weighted by Gasteiger charge is -2.24. The molecule has 1 aromatic rings. The molecule has 1 N–H and O–H groups in total. The van der Waals surface area contributed by atoms with Crippen molar-refractivity contribution in [3.63, 3.8) is 0 Å². The molecule has 0 unspecified atom stereocenters. The molecule has 118 valence electrons. The van der Waals surface area contributed by atoms with E-state index < -0.39 is 5.41 Å². The summed E-state index contributed by atoms with van der Waals surface area (Å²) in [5, 5.41) is 12.6. The standard InChI is InChI=1S/C19H26N2O/c1-13(2)15-8-7-9-16(14(3)4)17(15)21-18(22)19(12-20)10-5-6-11-19/h7-9,13-14H,5-6,10-11H2,1-4H3,(H,21,22). The van der Waals surface area contributed by atoms with Gasteiger partial charge in [-0.3, -0.25) is 4.79 Å². The largest absolute Gasteiger partial charge is 0.324 e. The summed E-state index contributed by atoms with van der Waals surface area (Å²) in [6.07, 6.45) is 3.28. The first-order valence-electron chi connectivity index (χ1n) is 8.27. The van der Waals surface area contributed by atoms with Gasteiger partial charge in [-0.05, 0) is 35.8 Å². The zero-order valence-electron chi connectivity index (χ0n) is 14.1. The summed E-state index contributed by atoms with van der Waals surface area (Å²) < 4.78 is 0. The molecule has 1 fully saturated rings. The van der Waals surface area contributed by atoms with E-state index in [-0.39, 0.29) is 5.91 Å². The predicted octanol–water partition coefficient (Wildman–Crippen LogP) is 4.96. The fourth-order valence-corrected chi connectivity index (χ4v) is 3.30. The summed E-state index contributed by atoms with van der Waals surface area (Å²) in [5.41, 5.74) is 2.37. The monoisotopic (exact) mass is 298 g/mol. The van der Waals surface area contributed by atoms with Gasteiger partial charge in [-0.25, -0.2) is 0 Å². The molecule has 0 heterocycles. The number of anilines is 1. The summed E-state index contributed by atoms with van der Waals surface area (Å²) in [7, 11) is 0. The highest BCUT2D eigenvalue weighted by atomic mass is 16.2. The minimum Gasteiger partial charge on any atom is -0.324 e. The Balaban J connectivity index is 2.40. The Bertz CT molecular complexity index is 564. The maximum absolute atomic E-state index is 12.8. The number of hydrogen-bond donors (Lipinski definition) is 1. The molecule has 0 radical (unpaired) electrons. The molecular formula is C19H26N2O. The van der Waals surface area contributed by atoms with Gasteiger partial charge in [-0.15, -0.1) is 0 Å². The highest BCUT2D eigenvalue weighted by Crippen LogP contribution is 2.40. The van der Waals surface area contributed by atoms with Gasteiger partial charge < -0.3 is 5.32 Å². The summed E-state index contributed by atoms with van der Waals surface area (Å²) in [4.78, 5) is 12.8. The van der Waals surface area contributed by atoms with Crippen LogP contribution in [0.1, 0.15) is 76.3 Å². The summed E-state index contributed by atoms with van der Waals surface area (Å²) in [5.74, 6) is 0.536. The van der Waals surface area contributed by atoms with E-state index in [1.54, 1.807) is 0 Å². The second-order valence-corrected chi connectivity index (χ2v) is 6.98. The fourth-order valence-electron chi connectivity index (χ4n) is 3.30. The van der Waals surface area contributed by atoms with Gasteiger partial charge in [0, 0.05) is 5.69 Å². The van der Waals surface area contributed by atoms with Gasteiger partial charge in [-0.1, -0.05) is 58.7 Å². The van der Waals surface area contributed by atoms with E-state index in [4.69, 9.17) is 0 Å². The van der Waals surface area contributed by atoms with Crippen LogP contribution in [0.15, 0.2) is 18.2 Å². The van der Waals surface area contributed by atoms with Crippen molar-refractivity contribution >= 4 is 11.6 Å². The zero-order chi connectivity index (χ0) is 16.3. The second-order valence-electron chi connectivity index (χ2n) is 6.98. The molecule has 0 spiro atoms. The zero-order valence-corrected chi connectivity index (χ0v) is 14.1. The molecule has 1 aliphatic carbocycles. The van der Waals surface area contributed by atoms with Crippen molar-refractivity contribution in [3.05, 3.63) is 29.3 Å². The number of carbonyl (C=O) groups excluding carboxylic acids is 1. The molecule has 0 aromatic heterocycles. The van der Waals surface area contributed by atoms with Gasteiger partial charge in [0.2, 0.25) is 5.91 Å². The highest BCUT2D eigenvalue weighted by molar-refractivity contribution is 5.98. The normalized spacial score (nSPS) is 16.8. The van der Waals surface area contributed by atoms with Crippen LogP contribution in [0.4, 0.5) is 5.69 Å². The van der Waals surface area contributed by atoms with Crippen LogP contribution in [0.5, 0.6) is 0 Å². The maximum atomic E-state index is 12.8. The lowest BCUT2D eigenvalue weighted by molar-refractivity contribution is -0.122. The van der Waals surface area contributed by atoms with Crippen molar-refractivity contribution in [3.8, 4) is 6.07 Å². The maximum Gasteiger partial charge on any atom is 0.244 e. The van der Waals surface area contributed by atoms with Gasteiger partial charge in [-0.2, -0.15) is 5.26 Å². The van der Waals surface area contributed by atoms with E-state index in [0.29, 0.717) is 24.7 Å². The van der Waals surface area contributed by atoms with Crippen LogP contribution in [0, 0.1) is 16.7 Å². The highest BCUT2D eigenvalue weighted by Gasteiger charge is 2.42. The Labute approximate surface area is 133 Å². The number of hydrogen-bond acceptors (Lipinski definition) is 2. The quantitative estimate of drug-likeness (QED) is 0.854. The first-order chi connectivity index (χ1) is 10.4. The lowest BCUT2D eigenvalue weighted by atomic mass is 9.86. The molecule has 3 heteroatoms. The van der Waals surface area contributed by atoms with Crippen LogP contribution in [0.2, 0.25) is 0 Å². The number of rotatable bonds is 4. The Morgan fingerprint density at radius 2 is 1.64 bits per heavy atom. The van der Waals surface area contributed by atoms with E-state index >= 15 is 0 Å². The molecule has 1 amide bonds. The van der Waals surface area contributed by atoms with Crippen LogP contribution in [-0.4, -0.2) is 5.91 Å². The molecule has 1 aliphatic rings. The predicted molar refractivity (Wildman–Crippen MR) is 89.8 cm³/mol. The third-order valence-corrected chi connectivity index (χ3v) is 4.72. The van der Waals surface area contributed by atoms with Crippen molar-refractivity contribution in [2.45, 2.75) is 65.2 Å². The number of nitrogens with zero attached hydrogens (tertiary/aromatic N) is 1.